The van der Waals surface area contributed by atoms with Crippen LogP contribution in [0, 0.1) is 5.92 Å². The van der Waals surface area contributed by atoms with Gasteiger partial charge in [0.15, 0.2) is 0 Å². The Hall–Kier alpha value is -2.15. The van der Waals surface area contributed by atoms with Crippen LogP contribution in [-0.4, -0.2) is 26.1 Å². The van der Waals surface area contributed by atoms with Gasteiger partial charge in [-0.25, -0.2) is 4.68 Å². The molecule has 0 radical (unpaired) electrons. The number of hydrogen-bond donors (Lipinski definition) is 1. The zero-order chi connectivity index (χ0) is 18.3. The van der Waals surface area contributed by atoms with E-state index in [1.165, 1.54) is 11.1 Å². The normalized spacial score (nSPS) is 20.7. The predicted octanol–water partition coefficient (Wildman–Crippen LogP) is 2.97. The fourth-order valence-electron chi connectivity index (χ4n) is 3.98. The van der Waals surface area contributed by atoms with Crippen LogP contribution in [0.25, 0.3) is 15.7 Å². The molecule has 26 heavy (non-hydrogen) atoms. The lowest BCUT2D eigenvalue weighted by Gasteiger charge is -2.29. The van der Waals surface area contributed by atoms with Gasteiger partial charge in [0.05, 0.1) is 10.2 Å². The highest BCUT2D eigenvalue weighted by atomic mass is 32.1. The van der Waals surface area contributed by atoms with Gasteiger partial charge in [0.2, 0.25) is 5.91 Å². The van der Waals surface area contributed by atoms with E-state index in [9.17, 15) is 9.59 Å². The van der Waals surface area contributed by atoms with E-state index in [0.717, 1.165) is 35.3 Å². The van der Waals surface area contributed by atoms with Crippen molar-refractivity contribution in [2.24, 2.45) is 5.92 Å². The van der Waals surface area contributed by atoms with Crippen molar-refractivity contribution >= 4 is 33.0 Å². The molecule has 1 fully saturated rings. The summed E-state index contributed by atoms with van der Waals surface area (Å²) in [6.07, 6.45) is 5.24. The first-order chi connectivity index (χ1) is 12.6. The second kappa shape index (κ2) is 6.87. The van der Waals surface area contributed by atoms with E-state index in [-0.39, 0.29) is 24.1 Å². The van der Waals surface area contributed by atoms with Gasteiger partial charge in [0.25, 0.3) is 5.56 Å². The van der Waals surface area contributed by atoms with Crippen molar-refractivity contribution in [3.63, 3.8) is 0 Å². The first-order valence-corrected chi connectivity index (χ1v) is 10.2. The average Bonchev–Trinajstić information content (AvgIpc) is 3.21. The van der Waals surface area contributed by atoms with E-state index < -0.39 is 0 Å². The highest BCUT2D eigenvalue weighted by Crippen LogP contribution is 2.25. The van der Waals surface area contributed by atoms with Crippen LogP contribution < -0.4 is 10.9 Å². The van der Waals surface area contributed by atoms with Crippen molar-refractivity contribution < 1.29 is 4.79 Å². The van der Waals surface area contributed by atoms with Crippen LogP contribution in [0.15, 0.2) is 22.3 Å². The van der Waals surface area contributed by atoms with E-state index in [0.29, 0.717) is 17.9 Å². The number of aryl methyl sites for hydroxylation is 1. The van der Waals surface area contributed by atoms with Crippen LogP contribution in [0.3, 0.4) is 0 Å². The van der Waals surface area contributed by atoms with Gasteiger partial charge in [-0.15, -0.1) is 11.3 Å². The monoisotopic (exact) mass is 372 g/mol. The summed E-state index contributed by atoms with van der Waals surface area (Å²) in [5.74, 6) is 1.16. The Morgan fingerprint density at radius 1 is 1.35 bits per heavy atom. The molecule has 0 saturated heterocycles. The minimum atomic E-state index is -0.211. The van der Waals surface area contributed by atoms with Crippen LogP contribution >= 0.6 is 11.3 Å². The molecule has 1 amide bonds. The largest absolute Gasteiger partial charge is 0.351 e. The molecule has 1 aliphatic rings. The summed E-state index contributed by atoms with van der Waals surface area (Å²) < 4.78 is 4.31. The molecule has 3 aromatic rings. The number of nitrogens with one attached hydrogen (secondary N) is 1. The van der Waals surface area contributed by atoms with Crippen molar-refractivity contribution in [3.05, 3.63) is 33.7 Å². The zero-order valence-corrected chi connectivity index (χ0v) is 16.0. The van der Waals surface area contributed by atoms with Gasteiger partial charge in [0.1, 0.15) is 17.9 Å². The summed E-state index contributed by atoms with van der Waals surface area (Å²) in [6, 6.07) is 4.12. The van der Waals surface area contributed by atoms with Crippen molar-refractivity contribution in [1.82, 2.24) is 19.5 Å². The Morgan fingerprint density at radius 2 is 2.15 bits per heavy atom. The molecule has 1 saturated carbocycles. The third kappa shape index (κ3) is 2.94. The van der Waals surface area contributed by atoms with Gasteiger partial charge in [0, 0.05) is 12.5 Å². The van der Waals surface area contributed by atoms with Crippen molar-refractivity contribution in [2.75, 3.05) is 0 Å². The minimum Gasteiger partial charge on any atom is -0.351 e. The maximum absolute atomic E-state index is 12.9. The SMILES string of the molecule is CCc1nn(CC(=O)NC2CCCCC2C)c(=O)c2cc3sccc3n12. The molecule has 0 bridgehead atoms. The Labute approximate surface area is 155 Å². The second-order valence-corrected chi connectivity index (χ2v) is 8.15. The number of thiophene rings is 1. The first kappa shape index (κ1) is 17.3. The van der Waals surface area contributed by atoms with Gasteiger partial charge < -0.3 is 5.32 Å². The molecule has 3 aromatic heterocycles. The van der Waals surface area contributed by atoms with E-state index in [2.05, 4.69) is 17.3 Å². The molecule has 1 aliphatic carbocycles. The molecule has 0 aliphatic heterocycles. The standard InChI is InChI=1S/C19H24N4O2S/c1-3-17-21-22(11-18(24)20-13-7-5-4-6-12(13)2)19(25)15-10-16-14(23(15)17)8-9-26-16/h8-10,12-13H,3-7,11H2,1-2H3,(H,20,24). The Morgan fingerprint density at radius 3 is 2.92 bits per heavy atom. The number of aromatic nitrogens is 3. The molecule has 138 valence electrons. The summed E-state index contributed by atoms with van der Waals surface area (Å²) in [7, 11) is 0. The summed E-state index contributed by atoms with van der Waals surface area (Å²) >= 11 is 1.61. The average molecular weight is 372 g/mol. The maximum Gasteiger partial charge on any atom is 0.291 e. The van der Waals surface area contributed by atoms with Gasteiger partial charge in [-0.2, -0.15) is 5.10 Å². The molecule has 1 N–H and O–H groups in total. The Balaban J connectivity index is 1.65. The van der Waals surface area contributed by atoms with E-state index in [4.69, 9.17) is 0 Å². The number of carbonyl (C=O) groups excluding carboxylic acids is 1. The smallest absolute Gasteiger partial charge is 0.291 e. The Kier molecular flexibility index (Phi) is 4.56. The number of amides is 1. The number of carbonyl (C=O) groups is 1. The van der Waals surface area contributed by atoms with Crippen LogP contribution in [0.1, 0.15) is 45.4 Å². The second-order valence-electron chi connectivity index (χ2n) is 7.20. The highest BCUT2D eigenvalue weighted by Gasteiger charge is 2.23. The number of fused-ring (bicyclic) bond motifs is 3. The summed E-state index contributed by atoms with van der Waals surface area (Å²) in [5, 5.41) is 9.61. The van der Waals surface area contributed by atoms with Crippen LogP contribution in [0.2, 0.25) is 0 Å². The van der Waals surface area contributed by atoms with Crippen LogP contribution in [-0.2, 0) is 17.8 Å². The topological polar surface area (TPSA) is 68.4 Å². The highest BCUT2D eigenvalue weighted by molar-refractivity contribution is 7.17. The molecule has 2 unspecified atom stereocenters. The first-order valence-electron chi connectivity index (χ1n) is 9.36. The third-order valence-electron chi connectivity index (χ3n) is 5.44. The summed E-state index contributed by atoms with van der Waals surface area (Å²) in [6.45, 7) is 4.17. The quantitative estimate of drug-likeness (QED) is 0.765. The number of nitrogens with zero attached hydrogens (tertiary/aromatic N) is 3. The zero-order valence-electron chi connectivity index (χ0n) is 15.2. The number of rotatable bonds is 4. The van der Waals surface area contributed by atoms with E-state index in [1.54, 1.807) is 11.3 Å². The summed E-state index contributed by atoms with van der Waals surface area (Å²) in [5.41, 5.74) is 1.40. The van der Waals surface area contributed by atoms with Gasteiger partial charge >= 0.3 is 0 Å². The van der Waals surface area contributed by atoms with Crippen molar-refractivity contribution in [2.45, 2.75) is 58.5 Å². The lowest BCUT2D eigenvalue weighted by Crippen LogP contribution is -2.44. The van der Waals surface area contributed by atoms with Crippen LogP contribution in [0.5, 0.6) is 0 Å². The maximum atomic E-state index is 12.9. The minimum absolute atomic E-state index is 0.0234. The van der Waals surface area contributed by atoms with E-state index in [1.807, 2.05) is 28.8 Å². The summed E-state index contributed by atoms with van der Waals surface area (Å²) in [4.78, 5) is 25.4. The molecule has 0 spiro atoms. The molecule has 6 nitrogen and oxygen atoms in total. The molecule has 4 rings (SSSR count). The molecule has 7 heteroatoms. The molecular formula is C19H24N4O2S. The fourth-order valence-corrected chi connectivity index (χ4v) is 4.78. The van der Waals surface area contributed by atoms with E-state index >= 15 is 0 Å². The molecule has 2 atom stereocenters. The third-order valence-corrected chi connectivity index (χ3v) is 6.29. The molecule has 3 heterocycles. The fraction of sp³-hybridized carbons (Fsp3) is 0.526. The lowest BCUT2D eigenvalue weighted by molar-refractivity contribution is -0.123. The molecule has 0 aromatic carbocycles. The van der Waals surface area contributed by atoms with Crippen molar-refractivity contribution in [3.8, 4) is 0 Å². The number of hydrogen-bond acceptors (Lipinski definition) is 4. The van der Waals surface area contributed by atoms with Crippen LogP contribution in [0.4, 0.5) is 0 Å². The van der Waals surface area contributed by atoms with Gasteiger partial charge in [-0.05, 0) is 36.3 Å². The predicted molar refractivity (Wildman–Crippen MR) is 104 cm³/mol. The lowest BCUT2D eigenvalue weighted by atomic mass is 9.86. The molecular weight excluding hydrogens is 348 g/mol. The van der Waals surface area contributed by atoms with Crippen molar-refractivity contribution in [1.29, 1.82) is 0 Å². The van der Waals surface area contributed by atoms with Gasteiger partial charge in [-0.1, -0.05) is 26.7 Å². The van der Waals surface area contributed by atoms with Gasteiger partial charge in [-0.3, -0.25) is 14.0 Å². The Bertz CT molecular complexity index is 1020.